The molecule has 46 heavy (non-hydrogen) atoms. The van der Waals surface area contributed by atoms with E-state index in [-0.39, 0.29) is 23.5 Å². The SMILES string of the molecule is CC(C)(C)CCNC(=N)N(C(=O)c1ccc(-c2ccccn2)cc1)[C@H](COC(=O)NC1(C)CC1)c1ccc(Cl)c(-c2ncn[nH]2)c1. The third-order valence-corrected chi connectivity index (χ3v) is 8.18. The highest BCUT2D eigenvalue weighted by Crippen LogP contribution is 2.35. The minimum Gasteiger partial charge on any atom is -0.447 e. The summed E-state index contributed by atoms with van der Waals surface area (Å²) >= 11 is 6.55. The molecule has 2 amide bonds. The number of hydrogen-bond acceptors (Lipinski definition) is 7. The van der Waals surface area contributed by atoms with Gasteiger partial charge in [0.15, 0.2) is 11.8 Å². The quantitative estimate of drug-likeness (QED) is 0.112. The van der Waals surface area contributed by atoms with E-state index in [4.69, 9.17) is 21.7 Å². The van der Waals surface area contributed by atoms with E-state index in [9.17, 15) is 9.59 Å². The Labute approximate surface area is 273 Å². The molecule has 4 aromatic rings. The molecule has 1 fully saturated rings. The van der Waals surface area contributed by atoms with E-state index in [1.54, 1.807) is 36.5 Å². The summed E-state index contributed by atoms with van der Waals surface area (Å²) in [6.07, 6.45) is 4.99. The lowest BCUT2D eigenvalue weighted by Gasteiger charge is -2.33. The molecular weight excluding hydrogens is 604 g/mol. The van der Waals surface area contributed by atoms with E-state index in [1.165, 1.54) is 11.2 Å². The van der Waals surface area contributed by atoms with E-state index in [0.29, 0.717) is 34.1 Å². The van der Waals surface area contributed by atoms with Crippen molar-refractivity contribution in [2.75, 3.05) is 13.2 Å². The van der Waals surface area contributed by atoms with Crippen LogP contribution in [0, 0.1) is 10.8 Å². The summed E-state index contributed by atoms with van der Waals surface area (Å²) in [4.78, 5) is 37.2. The van der Waals surface area contributed by atoms with Gasteiger partial charge in [-0.1, -0.05) is 56.6 Å². The van der Waals surface area contributed by atoms with Crippen LogP contribution >= 0.6 is 11.6 Å². The molecule has 0 bridgehead atoms. The van der Waals surface area contributed by atoms with Crippen LogP contribution < -0.4 is 10.6 Å². The highest BCUT2D eigenvalue weighted by atomic mass is 35.5. The number of alkyl carbamates (subject to hydrolysis) is 1. The minimum absolute atomic E-state index is 0.00506. The lowest BCUT2D eigenvalue weighted by atomic mass is 9.92. The maximum Gasteiger partial charge on any atom is 0.407 e. The van der Waals surface area contributed by atoms with E-state index in [2.05, 4.69) is 51.6 Å². The molecule has 0 radical (unpaired) electrons. The highest BCUT2D eigenvalue weighted by Gasteiger charge is 2.40. The summed E-state index contributed by atoms with van der Waals surface area (Å²) < 4.78 is 5.74. The van der Waals surface area contributed by atoms with Gasteiger partial charge in [0.05, 0.1) is 16.8 Å². The topological polar surface area (TPSA) is 149 Å². The predicted molar refractivity (Wildman–Crippen MR) is 177 cm³/mol. The van der Waals surface area contributed by atoms with E-state index >= 15 is 0 Å². The van der Waals surface area contributed by atoms with Crippen LogP contribution in [0.3, 0.4) is 0 Å². The summed E-state index contributed by atoms with van der Waals surface area (Å²) in [6, 6.07) is 17.0. The molecule has 11 nitrogen and oxygen atoms in total. The third kappa shape index (κ3) is 8.28. The summed E-state index contributed by atoms with van der Waals surface area (Å²) in [5.74, 6) is -0.130. The van der Waals surface area contributed by atoms with Crippen molar-refractivity contribution >= 4 is 29.6 Å². The molecule has 2 aromatic heterocycles. The molecule has 12 heteroatoms. The predicted octanol–water partition coefficient (Wildman–Crippen LogP) is 6.61. The highest BCUT2D eigenvalue weighted by molar-refractivity contribution is 6.33. The maximum absolute atomic E-state index is 14.4. The van der Waals surface area contributed by atoms with Gasteiger partial charge >= 0.3 is 6.09 Å². The van der Waals surface area contributed by atoms with Gasteiger partial charge in [0, 0.05) is 35.0 Å². The first-order valence-corrected chi connectivity index (χ1v) is 15.6. The molecule has 1 aliphatic rings. The fourth-order valence-corrected chi connectivity index (χ4v) is 5.04. The van der Waals surface area contributed by atoms with E-state index < -0.39 is 18.0 Å². The van der Waals surface area contributed by atoms with Crippen LogP contribution in [0.1, 0.15) is 68.9 Å². The Balaban J connectivity index is 1.52. The average Bonchev–Trinajstić information content (AvgIpc) is 3.50. The minimum atomic E-state index is -0.894. The fraction of sp³-hybridized carbons (Fsp3) is 0.353. The Bertz CT molecular complexity index is 1670. The first-order chi connectivity index (χ1) is 21.9. The van der Waals surface area contributed by atoms with Gasteiger partial charge < -0.3 is 15.4 Å². The zero-order valence-electron chi connectivity index (χ0n) is 26.4. The van der Waals surface area contributed by atoms with Gasteiger partial charge in [-0.2, -0.15) is 5.10 Å². The van der Waals surface area contributed by atoms with Crippen LogP contribution in [0.15, 0.2) is 73.2 Å². The van der Waals surface area contributed by atoms with E-state index in [1.807, 2.05) is 37.3 Å². The fourth-order valence-electron chi connectivity index (χ4n) is 4.83. The Hall–Kier alpha value is -4.77. The van der Waals surface area contributed by atoms with Crippen molar-refractivity contribution in [1.29, 1.82) is 5.41 Å². The number of benzene rings is 2. The summed E-state index contributed by atoms with van der Waals surface area (Å²) in [5.41, 5.74) is 2.83. The summed E-state index contributed by atoms with van der Waals surface area (Å²) in [6.45, 7) is 8.52. The van der Waals surface area contributed by atoms with Gasteiger partial charge in [0.1, 0.15) is 12.9 Å². The molecule has 4 N–H and O–H groups in total. The van der Waals surface area contributed by atoms with Crippen molar-refractivity contribution < 1.29 is 14.3 Å². The molecule has 0 saturated heterocycles. The van der Waals surface area contributed by atoms with Gasteiger partial charge in [-0.25, -0.2) is 9.78 Å². The number of nitrogens with zero attached hydrogens (tertiary/aromatic N) is 4. The van der Waals surface area contributed by atoms with Crippen molar-refractivity contribution in [3.8, 4) is 22.6 Å². The first-order valence-electron chi connectivity index (χ1n) is 15.2. The summed E-state index contributed by atoms with van der Waals surface area (Å²) in [7, 11) is 0. The zero-order valence-corrected chi connectivity index (χ0v) is 27.2. The molecule has 2 heterocycles. The van der Waals surface area contributed by atoms with Crippen molar-refractivity contribution in [2.45, 2.75) is 58.5 Å². The normalized spacial score (nSPS) is 14.2. The Kier molecular flexibility index (Phi) is 9.71. The van der Waals surface area contributed by atoms with Gasteiger partial charge in [0.2, 0.25) is 0 Å². The number of carbonyl (C=O) groups excluding carboxylic acids is 2. The molecule has 1 atom stereocenters. The number of halogens is 1. The van der Waals surface area contributed by atoms with Crippen molar-refractivity contribution in [3.63, 3.8) is 0 Å². The molecule has 0 unspecified atom stereocenters. The molecule has 1 aliphatic carbocycles. The number of aromatic amines is 1. The Morgan fingerprint density at radius 3 is 2.50 bits per heavy atom. The number of guanidine groups is 1. The van der Waals surface area contributed by atoms with Gasteiger partial charge in [-0.3, -0.25) is 25.2 Å². The number of ether oxygens (including phenoxy) is 1. The van der Waals surface area contributed by atoms with Gasteiger partial charge in [-0.05, 0) is 73.6 Å². The molecule has 5 rings (SSSR count). The van der Waals surface area contributed by atoms with Crippen LogP contribution in [0.2, 0.25) is 5.02 Å². The van der Waals surface area contributed by atoms with Crippen molar-refractivity contribution in [2.24, 2.45) is 5.41 Å². The monoisotopic (exact) mass is 642 g/mol. The van der Waals surface area contributed by atoms with Crippen LogP contribution in [-0.2, 0) is 4.74 Å². The molecule has 240 valence electrons. The maximum atomic E-state index is 14.4. The van der Waals surface area contributed by atoms with Crippen LogP contribution in [0.25, 0.3) is 22.6 Å². The molecule has 1 saturated carbocycles. The molecule has 0 aliphatic heterocycles. The second kappa shape index (κ2) is 13.7. The smallest absolute Gasteiger partial charge is 0.407 e. The van der Waals surface area contributed by atoms with Crippen LogP contribution in [0.4, 0.5) is 4.79 Å². The largest absolute Gasteiger partial charge is 0.447 e. The summed E-state index contributed by atoms with van der Waals surface area (Å²) in [5, 5.41) is 22.4. The van der Waals surface area contributed by atoms with Crippen LogP contribution in [0.5, 0.6) is 0 Å². The second-order valence-electron chi connectivity index (χ2n) is 12.9. The van der Waals surface area contributed by atoms with Gasteiger partial charge in [-0.15, -0.1) is 0 Å². The van der Waals surface area contributed by atoms with Crippen molar-refractivity contribution in [3.05, 3.63) is 89.3 Å². The number of nitrogens with one attached hydrogen (secondary N) is 4. The standard InChI is InChI=1S/C34H39ClN8O3/c1-33(2,3)16-18-38-31(36)43(30(44)23-10-8-22(9-11-23)27-7-5-6-17-37-27)28(20-46-32(45)41-34(4)14-15-34)24-12-13-26(35)25(19-24)29-39-21-40-42-29/h5-13,17,19,21,28H,14-16,18,20H2,1-4H3,(H2,36,38)(H,41,45)(H,39,40,42)/t28-/m1/s1. The number of amides is 2. The number of carbonyl (C=O) groups is 2. The van der Waals surface area contributed by atoms with Gasteiger partial charge in [0.25, 0.3) is 5.91 Å². The first kappa shape index (κ1) is 32.6. The number of rotatable bonds is 10. The lowest BCUT2D eigenvalue weighted by molar-refractivity contribution is 0.0691. The Morgan fingerprint density at radius 2 is 1.87 bits per heavy atom. The Morgan fingerprint density at radius 1 is 1.11 bits per heavy atom. The number of H-pyrrole nitrogens is 1. The third-order valence-electron chi connectivity index (χ3n) is 7.85. The molecule has 0 spiro atoms. The average molecular weight is 643 g/mol. The number of aromatic nitrogens is 4. The zero-order chi connectivity index (χ0) is 32.9. The second-order valence-corrected chi connectivity index (χ2v) is 13.3. The van der Waals surface area contributed by atoms with Crippen molar-refractivity contribution in [1.82, 2.24) is 35.7 Å². The van der Waals surface area contributed by atoms with Crippen LogP contribution in [-0.4, -0.2) is 61.7 Å². The van der Waals surface area contributed by atoms with E-state index in [0.717, 1.165) is 30.5 Å². The molecular formula is C34H39ClN8O3. The number of hydrogen-bond donors (Lipinski definition) is 4. The number of pyridine rings is 1. The molecule has 2 aromatic carbocycles. The lowest BCUT2D eigenvalue weighted by Crippen LogP contribution is -2.49.